The molecule has 1 atom stereocenters. The van der Waals surface area contributed by atoms with Crippen molar-refractivity contribution in [3.63, 3.8) is 0 Å². The molecule has 34 heavy (non-hydrogen) atoms. The molecule has 0 spiro atoms. The van der Waals surface area contributed by atoms with E-state index in [9.17, 15) is 9.50 Å². The van der Waals surface area contributed by atoms with E-state index < -0.39 is 5.82 Å². The minimum absolute atomic E-state index is 0.0414. The molecule has 1 aromatic carbocycles. The number of nitrogens with one attached hydrogen (secondary N) is 2. The first-order chi connectivity index (χ1) is 16.6. The highest BCUT2D eigenvalue weighted by Crippen LogP contribution is 2.34. The van der Waals surface area contributed by atoms with Crippen molar-refractivity contribution in [2.45, 2.75) is 25.6 Å². The van der Waals surface area contributed by atoms with Gasteiger partial charge in [0.2, 0.25) is 5.95 Å². The van der Waals surface area contributed by atoms with Gasteiger partial charge in [-0.3, -0.25) is 0 Å². The predicted molar refractivity (Wildman–Crippen MR) is 132 cm³/mol. The van der Waals surface area contributed by atoms with Crippen molar-refractivity contribution in [1.29, 1.82) is 0 Å². The molecule has 1 aliphatic rings. The number of hydrogen-bond donors (Lipinski definition) is 3. The predicted octanol–water partition coefficient (Wildman–Crippen LogP) is 4.91. The SMILES string of the molecule is OCCCn1cc(N2C=CCC2Nc2ncc(F)c(Nc3ccc(Cl)nc3)n2)c2ccccc21. The van der Waals surface area contributed by atoms with Gasteiger partial charge in [-0.2, -0.15) is 4.98 Å². The number of benzene rings is 1. The zero-order valence-corrected chi connectivity index (χ0v) is 19.0. The largest absolute Gasteiger partial charge is 0.396 e. The molecule has 3 aromatic heterocycles. The Bertz CT molecular complexity index is 1320. The summed E-state index contributed by atoms with van der Waals surface area (Å²) in [6.45, 7) is 0.863. The standard InChI is InChI=1S/C24H23ClFN7O/c25-21-9-8-16(13-27-21)29-23-18(26)14-28-24(31-23)30-22-7-3-11-33(22)20-15-32(10-4-12-34)19-6-2-1-5-17(19)20/h1-3,5-6,8-9,11,13-15,22,34H,4,7,10,12H2,(H2,28,29,30,31). The first kappa shape index (κ1) is 22.1. The maximum Gasteiger partial charge on any atom is 0.226 e. The Labute approximate surface area is 200 Å². The van der Waals surface area contributed by atoms with Gasteiger partial charge in [0.1, 0.15) is 11.3 Å². The third-order valence-corrected chi connectivity index (χ3v) is 5.82. The summed E-state index contributed by atoms with van der Waals surface area (Å²) >= 11 is 5.82. The number of anilines is 4. The number of aliphatic hydroxyl groups is 1. The molecule has 1 unspecified atom stereocenters. The fourth-order valence-corrected chi connectivity index (χ4v) is 4.13. The lowest BCUT2D eigenvalue weighted by molar-refractivity contribution is 0.280. The number of aryl methyl sites for hydroxylation is 1. The Hall–Kier alpha value is -3.69. The van der Waals surface area contributed by atoms with Crippen LogP contribution in [0.3, 0.4) is 0 Å². The van der Waals surface area contributed by atoms with Gasteiger partial charge in [0.15, 0.2) is 11.6 Å². The van der Waals surface area contributed by atoms with E-state index >= 15 is 0 Å². The van der Waals surface area contributed by atoms with Gasteiger partial charge in [0.05, 0.1) is 29.3 Å². The van der Waals surface area contributed by atoms with Crippen LogP contribution in [0, 0.1) is 5.82 Å². The smallest absolute Gasteiger partial charge is 0.226 e. The van der Waals surface area contributed by atoms with Gasteiger partial charge < -0.3 is 25.2 Å². The highest BCUT2D eigenvalue weighted by atomic mass is 35.5. The summed E-state index contributed by atoms with van der Waals surface area (Å²) in [5.41, 5.74) is 2.70. The number of fused-ring (bicyclic) bond motifs is 1. The second-order valence-corrected chi connectivity index (χ2v) is 8.26. The number of rotatable bonds is 8. The van der Waals surface area contributed by atoms with Crippen LogP contribution >= 0.6 is 11.6 Å². The van der Waals surface area contributed by atoms with Crippen LogP contribution in [0.1, 0.15) is 12.8 Å². The Kier molecular flexibility index (Phi) is 6.29. The van der Waals surface area contributed by atoms with Crippen LogP contribution in [0.15, 0.2) is 67.3 Å². The summed E-state index contributed by atoms with van der Waals surface area (Å²) in [6.07, 6.45) is 10.1. The summed E-state index contributed by atoms with van der Waals surface area (Å²) in [5.74, 6) is -0.234. The van der Waals surface area contributed by atoms with Crippen LogP contribution < -0.4 is 15.5 Å². The highest BCUT2D eigenvalue weighted by molar-refractivity contribution is 6.29. The van der Waals surface area contributed by atoms with Crippen molar-refractivity contribution in [3.8, 4) is 0 Å². The average Bonchev–Trinajstić information content (AvgIpc) is 3.45. The van der Waals surface area contributed by atoms with Crippen molar-refractivity contribution in [3.05, 3.63) is 78.2 Å². The fourth-order valence-electron chi connectivity index (χ4n) is 4.02. The molecular weight excluding hydrogens is 457 g/mol. The van der Waals surface area contributed by atoms with Crippen molar-refractivity contribution >= 4 is 45.6 Å². The Morgan fingerprint density at radius 3 is 2.85 bits per heavy atom. The van der Waals surface area contributed by atoms with E-state index in [0.717, 1.165) is 35.8 Å². The normalized spacial score (nSPS) is 15.3. The number of halogens is 2. The molecule has 4 aromatic rings. The van der Waals surface area contributed by atoms with Crippen LogP contribution in [0.25, 0.3) is 10.9 Å². The van der Waals surface area contributed by atoms with Crippen LogP contribution in [0.2, 0.25) is 5.15 Å². The Balaban J connectivity index is 1.39. The van der Waals surface area contributed by atoms with Crippen LogP contribution in [-0.2, 0) is 6.54 Å². The van der Waals surface area contributed by atoms with Gasteiger partial charge in [0, 0.05) is 37.4 Å². The number of aliphatic hydroxyl groups excluding tert-OH is 1. The molecule has 0 amide bonds. The summed E-state index contributed by atoms with van der Waals surface area (Å²) in [4.78, 5) is 14.6. The van der Waals surface area contributed by atoms with E-state index in [2.05, 4.69) is 59.5 Å². The minimum atomic E-state index is -0.575. The van der Waals surface area contributed by atoms with Gasteiger partial charge in [-0.05, 0) is 24.6 Å². The van der Waals surface area contributed by atoms with Gasteiger partial charge >= 0.3 is 0 Å². The lowest BCUT2D eigenvalue weighted by Gasteiger charge is -2.26. The number of hydrogen-bond acceptors (Lipinski definition) is 7. The van der Waals surface area contributed by atoms with Gasteiger partial charge in [0.25, 0.3) is 0 Å². The molecule has 4 heterocycles. The van der Waals surface area contributed by atoms with Crippen LogP contribution in [0.4, 0.5) is 27.5 Å². The third kappa shape index (κ3) is 4.52. The van der Waals surface area contributed by atoms with E-state index in [1.165, 1.54) is 6.20 Å². The van der Waals surface area contributed by atoms with Crippen LogP contribution in [0.5, 0.6) is 0 Å². The minimum Gasteiger partial charge on any atom is -0.396 e. The van der Waals surface area contributed by atoms with E-state index in [1.807, 2.05) is 18.3 Å². The molecule has 3 N–H and O–H groups in total. The summed E-state index contributed by atoms with van der Waals surface area (Å²) in [5, 5.41) is 17.0. The monoisotopic (exact) mass is 479 g/mol. The summed E-state index contributed by atoms with van der Waals surface area (Å²) in [6, 6.07) is 11.5. The molecule has 0 fully saturated rings. The lowest BCUT2D eigenvalue weighted by atomic mass is 10.2. The van der Waals surface area contributed by atoms with E-state index in [4.69, 9.17) is 11.6 Å². The molecule has 1 aliphatic heterocycles. The molecule has 174 valence electrons. The second kappa shape index (κ2) is 9.66. The highest BCUT2D eigenvalue weighted by Gasteiger charge is 2.25. The van der Waals surface area contributed by atoms with Gasteiger partial charge in [-0.1, -0.05) is 35.9 Å². The van der Waals surface area contributed by atoms with Crippen molar-refractivity contribution < 1.29 is 9.50 Å². The van der Waals surface area contributed by atoms with Gasteiger partial charge in [-0.25, -0.2) is 14.4 Å². The average molecular weight is 480 g/mol. The number of aromatic nitrogens is 4. The molecule has 0 aliphatic carbocycles. The van der Waals surface area contributed by atoms with E-state index in [1.54, 1.807) is 12.1 Å². The summed E-state index contributed by atoms with van der Waals surface area (Å²) < 4.78 is 16.5. The zero-order chi connectivity index (χ0) is 23.5. The van der Waals surface area contributed by atoms with Crippen molar-refractivity contribution in [2.75, 3.05) is 22.1 Å². The number of nitrogens with zero attached hydrogens (tertiary/aromatic N) is 5. The molecule has 10 heteroatoms. The third-order valence-electron chi connectivity index (χ3n) is 5.59. The van der Waals surface area contributed by atoms with Gasteiger partial charge in [-0.15, -0.1) is 0 Å². The Morgan fingerprint density at radius 1 is 1.15 bits per heavy atom. The molecule has 0 saturated carbocycles. The van der Waals surface area contributed by atoms with Crippen molar-refractivity contribution in [2.24, 2.45) is 0 Å². The summed E-state index contributed by atoms with van der Waals surface area (Å²) in [7, 11) is 0. The zero-order valence-electron chi connectivity index (χ0n) is 18.2. The molecular formula is C24H23ClFN7O. The van der Waals surface area contributed by atoms with E-state index in [-0.39, 0.29) is 18.6 Å². The van der Waals surface area contributed by atoms with E-state index in [0.29, 0.717) is 23.2 Å². The Morgan fingerprint density at radius 2 is 2.03 bits per heavy atom. The lowest BCUT2D eigenvalue weighted by Crippen LogP contribution is -2.34. The number of para-hydroxylation sites is 1. The first-order valence-corrected chi connectivity index (χ1v) is 11.3. The molecule has 0 saturated heterocycles. The molecule has 0 radical (unpaired) electrons. The maximum atomic E-state index is 14.4. The first-order valence-electron chi connectivity index (χ1n) is 10.9. The molecule has 8 nitrogen and oxygen atoms in total. The molecule has 5 rings (SSSR count). The van der Waals surface area contributed by atoms with Crippen molar-refractivity contribution in [1.82, 2.24) is 19.5 Å². The van der Waals surface area contributed by atoms with Crippen LogP contribution in [-0.4, -0.2) is 37.4 Å². The second-order valence-electron chi connectivity index (χ2n) is 7.87. The quantitative estimate of drug-likeness (QED) is 0.309. The molecule has 0 bridgehead atoms. The maximum absolute atomic E-state index is 14.4. The topological polar surface area (TPSA) is 91.1 Å². The fraction of sp³-hybridized carbons (Fsp3) is 0.208. The number of pyridine rings is 1.